The van der Waals surface area contributed by atoms with E-state index < -0.39 is 0 Å². The second kappa shape index (κ2) is 12.6. The van der Waals surface area contributed by atoms with Crippen molar-refractivity contribution < 1.29 is 18.8 Å². The molecule has 0 aliphatic carbocycles. The number of halogens is 1. The van der Waals surface area contributed by atoms with Crippen LogP contribution >= 0.6 is 11.3 Å². The summed E-state index contributed by atoms with van der Waals surface area (Å²) in [5.74, 6) is -0.919. The van der Waals surface area contributed by atoms with Crippen LogP contribution in [0, 0.1) is 12.7 Å². The molecule has 0 atom stereocenters. The van der Waals surface area contributed by atoms with Gasteiger partial charge in [0.25, 0.3) is 11.8 Å². The van der Waals surface area contributed by atoms with Crippen LogP contribution in [-0.2, 0) is 6.54 Å². The number of carbonyl (C=O) groups excluding carboxylic acids is 3. The third kappa shape index (κ3) is 7.09. The number of aryl methyl sites for hydroxylation is 1. The lowest BCUT2D eigenvalue weighted by Crippen LogP contribution is -2.50. The minimum absolute atomic E-state index is 0.169. The normalized spacial score (nSPS) is 13.0. The van der Waals surface area contributed by atoms with Gasteiger partial charge in [0.05, 0.1) is 10.4 Å². The highest BCUT2D eigenvalue weighted by Crippen LogP contribution is 2.27. The maximum absolute atomic E-state index is 13.4. The molecule has 2 heterocycles. The number of nitrogens with zero attached hydrogens (tertiary/aromatic N) is 2. The van der Waals surface area contributed by atoms with Crippen LogP contribution in [0.4, 0.5) is 26.2 Å². The number of hydrogen-bond acceptors (Lipinski definition) is 5. The number of benzene rings is 3. The Morgan fingerprint density at radius 2 is 1.54 bits per heavy atom. The highest BCUT2D eigenvalue weighted by Gasteiger charge is 2.25. The first-order valence-corrected chi connectivity index (χ1v) is 14.1. The SMILES string of the molecule is Cc1ccc(NC(=O)N2CCN(c3ccc(NC(=O)c4cccs4)cc3C(=O)NCc3ccc(F)cc3)CC2)cc1. The number of nitrogens with one attached hydrogen (secondary N) is 3. The highest BCUT2D eigenvalue weighted by molar-refractivity contribution is 7.12. The lowest BCUT2D eigenvalue weighted by Gasteiger charge is -2.37. The van der Waals surface area contributed by atoms with Gasteiger partial charge in [0.15, 0.2) is 0 Å². The van der Waals surface area contributed by atoms with E-state index in [0.717, 1.165) is 16.8 Å². The predicted octanol–water partition coefficient (Wildman–Crippen LogP) is 5.73. The minimum atomic E-state index is -0.344. The molecule has 3 N–H and O–H groups in total. The molecular formula is C31H30FN5O3S. The zero-order valence-corrected chi connectivity index (χ0v) is 23.3. The van der Waals surface area contributed by atoms with Gasteiger partial charge in [-0.1, -0.05) is 35.9 Å². The second-order valence-electron chi connectivity index (χ2n) is 9.74. The molecule has 4 aromatic rings. The van der Waals surface area contributed by atoms with Crippen molar-refractivity contribution in [3.05, 3.63) is 112 Å². The van der Waals surface area contributed by atoms with Gasteiger partial charge in [-0.25, -0.2) is 9.18 Å². The van der Waals surface area contributed by atoms with Crippen LogP contribution < -0.4 is 20.9 Å². The first kappa shape index (κ1) is 27.9. The zero-order valence-electron chi connectivity index (χ0n) is 22.5. The molecule has 4 amide bonds. The van der Waals surface area contributed by atoms with Gasteiger partial charge in [-0.2, -0.15) is 0 Å². The van der Waals surface area contributed by atoms with Gasteiger partial charge >= 0.3 is 6.03 Å². The monoisotopic (exact) mass is 571 g/mol. The maximum Gasteiger partial charge on any atom is 0.321 e. The number of rotatable bonds is 7. The van der Waals surface area contributed by atoms with Crippen LogP contribution in [0.15, 0.2) is 84.2 Å². The Hall–Kier alpha value is -4.70. The quantitative estimate of drug-likeness (QED) is 0.264. The first-order valence-electron chi connectivity index (χ1n) is 13.2. The third-order valence-corrected chi connectivity index (χ3v) is 7.69. The minimum Gasteiger partial charge on any atom is -0.367 e. The maximum atomic E-state index is 13.4. The van der Waals surface area contributed by atoms with Crippen molar-refractivity contribution in [1.82, 2.24) is 10.2 Å². The molecule has 0 bridgehead atoms. The molecule has 1 aliphatic heterocycles. The summed E-state index contributed by atoms with van der Waals surface area (Å²) < 4.78 is 13.3. The summed E-state index contributed by atoms with van der Waals surface area (Å²) in [5.41, 5.74) is 4.21. The third-order valence-electron chi connectivity index (χ3n) is 6.82. The molecule has 1 fully saturated rings. The van der Waals surface area contributed by atoms with E-state index in [-0.39, 0.29) is 30.2 Å². The number of piperazine rings is 1. The molecular weight excluding hydrogens is 541 g/mol. The van der Waals surface area contributed by atoms with Crippen LogP contribution in [0.1, 0.15) is 31.2 Å². The van der Waals surface area contributed by atoms with Gasteiger partial charge in [-0.15, -0.1) is 11.3 Å². The van der Waals surface area contributed by atoms with Crippen LogP contribution in [0.5, 0.6) is 0 Å². The van der Waals surface area contributed by atoms with Gasteiger partial charge in [0, 0.05) is 49.8 Å². The predicted molar refractivity (Wildman–Crippen MR) is 160 cm³/mol. The van der Waals surface area contributed by atoms with E-state index in [1.54, 1.807) is 41.3 Å². The standard InChI is InChI=1S/C31H30FN5O3S/c1-21-4-10-24(11-5-21)35-31(40)37-16-14-36(15-17-37)27-13-12-25(34-30(39)28-3-2-18-41-28)19-26(27)29(38)33-20-22-6-8-23(32)9-7-22/h2-13,18-19H,14-17,20H2,1H3,(H,33,38)(H,34,39)(H,35,40). The summed E-state index contributed by atoms with van der Waals surface area (Å²) in [6.45, 7) is 4.22. The molecule has 1 saturated heterocycles. The van der Waals surface area contributed by atoms with Crippen molar-refractivity contribution in [3.63, 3.8) is 0 Å². The average molecular weight is 572 g/mol. The molecule has 0 saturated carbocycles. The van der Waals surface area contributed by atoms with Crippen LogP contribution in [0.3, 0.4) is 0 Å². The lowest BCUT2D eigenvalue weighted by atomic mass is 10.1. The van der Waals surface area contributed by atoms with E-state index >= 15 is 0 Å². The summed E-state index contributed by atoms with van der Waals surface area (Å²) >= 11 is 1.33. The fourth-order valence-corrected chi connectivity index (χ4v) is 5.16. The number of amides is 4. The van der Waals surface area contributed by atoms with E-state index in [9.17, 15) is 18.8 Å². The van der Waals surface area contributed by atoms with E-state index in [0.29, 0.717) is 48.0 Å². The van der Waals surface area contributed by atoms with E-state index in [1.807, 2.05) is 42.6 Å². The van der Waals surface area contributed by atoms with Crippen molar-refractivity contribution in [2.24, 2.45) is 0 Å². The van der Waals surface area contributed by atoms with Crippen molar-refractivity contribution in [2.45, 2.75) is 13.5 Å². The number of hydrogen-bond donors (Lipinski definition) is 3. The number of urea groups is 1. The largest absolute Gasteiger partial charge is 0.367 e. The molecule has 0 unspecified atom stereocenters. The molecule has 210 valence electrons. The smallest absolute Gasteiger partial charge is 0.321 e. The molecule has 0 spiro atoms. The summed E-state index contributed by atoms with van der Waals surface area (Å²) in [5, 5.41) is 10.5. The Kier molecular flexibility index (Phi) is 8.59. The van der Waals surface area contributed by atoms with Crippen molar-refractivity contribution >= 4 is 46.2 Å². The molecule has 8 nitrogen and oxygen atoms in total. The lowest BCUT2D eigenvalue weighted by molar-refractivity contribution is 0.0949. The number of carbonyl (C=O) groups is 3. The summed E-state index contributed by atoms with van der Waals surface area (Å²) in [6.07, 6.45) is 0. The van der Waals surface area contributed by atoms with Crippen LogP contribution in [0.2, 0.25) is 0 Å². The molecule has 10 heteroatoms. The van der Waals surface area contributed by atoms with Gasteiger partial charge in [-0.3, -0.25) is 9.59 Å². The number of anilines is 3. The zero-order chi connectivity index (χ0) is 28.8. The van der Waals surface area contributed by atoms with Crippen LogP contribution in [-0.4, -0.2) is 48.9 Å². The summed E-state index contributed by atoms with van der Waals surface area (Å²) in [6, 6.07) is 22.2. The Morgan fingerprint density at radius 1 is 0.829 bits per heavy atom. The number of thiophene rings is 1. The Labute approximate surface area is 241 Å². The Bertz CT molecular complexity index is 1520. The van der Waals surface area contributed by atoms with Crippen molar-refractivity contribution in [1.29, 1.82) is 0 Å². The topological polar surface area (TPSA) is 93.8 Å². The van der Waals surface area contributed by atoms with Gasteiger partial charge in [0.2, 0.25) is 0 Å². The van der Waals surface area contributed by atoms with E-state index in [2.05, 4.69) is 20.9 Å². The summed E-state index contributed by atoms with van der Waals surface area (Å²) in [7, 11) is 0. The van der Waals surface area contributed by atoms with Crippen molar-refractivity contribution in [2.75, 3.05) is 41.7 Å². The van der Waals surface area contributed by atoms with Gasteiger partial charge in [0.1, 0.15) is 5.82 Å². The molecule has 1 aliphatic rings. The second-order valence-corrected chi connectivity index (χ2v) is 10.7. The molecule has 41 heavy (non-hydrogen) atoms. The first-order chi connectivity index (χ1) is 19.9. The van der Waals surface area contributed by atoms with Gasteiger partial charge in [-0.05, 0) is 66.4 Å². The molecule has 1 aromatic heterocycles. The molecule has 5 rings (SSSR count). The fraction of sp³-hybridized carbons (Fsp3) is 0.194. The highest BCUT2D eigenvalue weighted by atomic mass is 32.1. The van der Waals surface area contributed by atoms with Crippen LogP contribution in [0.25, 0.3) is 0 Å². The molecule has 0 radical (unpaired) electrons. The summed E-state index contributed by atoms with van der Waals surface area (Å²) in [4.78, 5) is 43.3. The fourth-order valence-electron chi connectivity index (χ4n) is 4.54. The van der Waals surface area contributed by atoms with E-state index in [1.165, 1.54) is 23.5 Å². The van der Waals surface area contributed by atoms with Gasteiger partial charge < -0.3 is 25.8 Å². The molecule has 3 aromatic carbocycles. The van der Waals surface area contributed by atoms with Crippen molar-refractivity contribution in [3.8, 4) is 0 Å². The Morgan fingerprint density at radius 3 is 2.22 bits per heavy atom. The average Bonchev–Trinajstić information content (AvgIpc) is 3.54. The van der Waals surface area contributed by atoms with E-state index in [4.69, 9.17) is 0 Å². The Balaban J connectivity index is 1.30.